The van der Waals surface area contributed by atoms with Crippen LogP contribution in [0, 0.1) is 5.92 Å². The molecule has 0 aromatic rings. The average molecular weight is 183 g/mol. The van der Waals surface area contributed by atoms with Crippen LogP contribution in [0.1, 0.15) is 19.8 Å². The highest BCUT2D eigenvalue weighted by atomic mass is 35.5. The molecule has 0 fully saturated rings. The lowest BCUT2D eigenvalue weighted by Crippen LogP contribution is -2.15. The van der Waals surface area contributed by atoms with Gasteiger partial charge >= 0.3 is 0 Å². The van der Waals surface area contributed by atoms with Crippen molar-refractivity contribution in [3.8, 4) is 0 Å². The van der Waals surface area contributed by atoms with Gasteiger partial charge in [-0.1, -0.05) is 13.3 Å². The smallest absolute Gasteiger partial charge is 0.233 e. The first kappa shape index (κ1) is 9.92. The SMILES string of the molecule is CCCC(C(=O)Cl)C(=O)Cl. The molecule has 0 amide bonds. The third-order valence-corrected chi connectivity index (χ3v) is 1.65. The van der Waals surface area contributed by atoms with Crippen molar-refractivity contribution < 1.29 is 9.59 Å². The average Bonchev–Trinajstić information content (AvgIpc) is 1.81. The van der Waals surface area contributed by atoms with Gasteiger partial charge in [0.15, 0.2) is 0 Å². The van der Waals surface area contributed by atoms with Gasteiger partial charge in [-0.05, 0) is 29.6 Å². The molecule has 0 aromatic heterocycles. The first-order valence-electron chi connectivity index (χ1n) is 2.98. The van der Waals surface area contributed by atoms with Crippen LogP contribution in [0.4, 0.5) is 0 Å². The van der Waals surface area contributed by atoms with Gasteiger partial charge in [-0.2, -0.15) is 0 Å². The predicted molar refractivity (Wildman–Crippen MR) is 40.1 cm³/mol. The Labute approximate surface area is 69.5 Å². The topological polar surface area (TPSA) is 34.1 Å². The van der Waals surface area contributed by atoms with Gasteiger partial charge < -0.3 is 0 Å². The molecule has 0 aliphatic carbocycles. The number of halogens is 2. The lowest BCUT2D eigenvalue weighted by molar-refractivity contribution is -0.124. The van der Waals surface area contributed by atoms with Crippen molar-refractivity contribution in [3.63, 3.8) is 0 Å². The van der Waals surface area contributed by atoms with Gasteiger partial charge in [-0.15, -0.1) is 0 Å². The number of rotatable bonds is 4. The van der Waals surface area contributed by atoms with Crippen LogP contribution in [0.15, 0.2) is 0 Å². The summed E-state index contributed by atoms with van der Waals surface area (Å²) in [5.41, 5.74) is 0. The number of hydrogen-bond acceptors (Lipinski definition) is 2. The summed E-state index contributed by atoms with van der Waals surface area (Å²) < 4.78 is 0. The lowest BCUT2D eigenvalue weighted by Gasteiger charge is -2.02. The minimum absolute atomic E-state index is 0.435. The molecule has 0 N–H and O–H groups in total. The third kappa shape index (κ3) is 3.18. The second-order valence-electron chi connectivity index (χ2n) is 1.95. The van der Waals surface area contributed by atoms with Crippen LogP contribution in [0.3, 0.4) is 0 Å². The Kier molecular flexibility index (Phi) is 4.65. The number of carbonyl (C=O) groups excluding carboxylic acids is 2. The molecule has 0 spiro atoms. The quantitative estimate of drug-likeness (QED) is 0.492. The van der Waals surface area contributed by atoms with Crippen LogP contribution in [-0.2, 0) is 9.59 Å². The van der Waals surface area contributed by atoms with Crippen molar-refractivity contribution in [2.75, 3.05) is 0 Å². The maximum Gasteiger partial charge on any atom is 0.233 e. The van der Waals surface area contributed by atoms with Gasteiger partial charge in [-0.3, -0.25) is 9.59 Å². The van der Waals surface area contributed by atoms with Crippen LogP contribution < -0.4 is 0 Å². The summed E-state index contributed by atoms with van der Waals surface area (Å²) in [6, 6.07) is 0. The minimum Gasteiger partial charge on any atom is -0.280 e. The van der Waals surface area contributed by atoms with Gasteiger partial charge in [0.25, 0.3) is 0 Å². The van der Waals surface area contributed by atoms with Crippen molar-refractivity contribution in [2.24, 2.45) is 5.92 Å². The van der Waals surface area contributed by atoms with E-state index in [1.165, 1.54) is 0 Å². The van der Waals surface area contributed by atoms with E-state index in [1.807, 2.05) is 6.92 Å². The van der Waals surface area contributed by atoms with E-state index in [0.717, 1.165) is 6.42 Å². The van der Waals surface area contributed by atoms with Crippen molar-refractivity contribution >= 4 is 33.7 Å². The molecule has 0 bridgehead atoms. The van der Waals surface area contributed by atoms with Crippen LogP contribution in [0.5, 0.6) is 0 Å². The second kappa shape index (κ2) is 4.69. The minimum atomic E-state index is -0.812. The van der Waals surface area contributed by atoms with Crippen LogP contribution >= 0.6 is 23.2 Å². The predicted octanol–water partition coefficient (Wildman–Crippen LogP) is 1.93. The fourth-order valence-electron chi connectivity index (χ4n) is 0.605. The standard InChI is InChI=1S/C6H8Cl2O2/c1-2-3-4(5(7)9)6(8)10/h4H,2-3H2,1H3. The fraction of sp³-hybridized carbons (Fsp3) is 0.667. The Morgan fingerprint density at radius 1 is 1.30 bits per heavy atom. The zero-order valence-electron chi connectivity index (χ0n) is 5.56. The van der Waals surface area contributed by atoms with Crippen molar-refractivity contribution in [1.29, 1.82) is 0 Å². The fourth-order valence-corrected chi connectivity index (χ4v) is 1.08. The molecular formula is C6H8Cl2O2. The van der Waals surface area contributed by atoms with E-state index in [9.17, 15) is 9.59 Å². The van der Waals surface area contributed by atoms with E-state index in [2.05, 4.69) is 0 Å². The van der Waals surface area contributed by atoms with Gasteiger partial charge in [0.2, 0.25) is 10.5 Å². The van der Waals surface area contributed by atoms with Crippen molar-refractivity contribution in [3.05, 3.63) is 0 Å². The zero-order chi connectivity index (χ0) is 8.15. The molecule has 0 heterocycles. The Morgan fingerprint density at radius 3 is 1.80 bits per heavy atom. The van der Waals surface area contributed by atoms with E-state index in [4.69, 9.17) is 23.2 Å². The Morgan fingerprint density at radius 2 is 1.70 bits per heavy atom. The second-order valence-corrected chi connectivity index (χ2v) is 2.69. The molecule has 0 saturated carbocycles. The molecule has 4 heteroatoms. The van der Waals surface area contributed by atoms with Crippen molar-refractivity contribution in [2.45, 2.75) is 19.8 Å². The summed E-state index contributed by atoms with van der Waals surface area (Å²) in [7, 11) is 0. The molecule has 0 aliphatic rings. The molecule has 0 radical (unpaired) electrons. The Bertz CT molecular complexity index is 131. The Balaban J connectivity index is 3.98. The molecule has 0 saturated heterocycles. The van der Waals surface area contributed by atoms with Crippen molar-refractivity contribution in [1.82, 2.24) is 0 Å². The lowest BCUT2D eigenvalue weighted by atomic mass is 10.1. The normalized spacial score (nSPS) is 10.0. The Hall–Kier alpha value is -0.0800. The monoisotopic (exact) mass is 182 g/mol. The number of carbonyl (C=O) groups is 2. The summed E-state index contributed by atoms with van der Waals surface area (Å²) in [5, 5.41) is -1.33. The highest BCUT2D eigenvalue weighted by molar-refractivity contribution is 6.73. The molecule has 10 heavy (non-hydrogen) atoms. The first-order valence-corrected chi connectivity index (χ1v) is 3.73. The molecule has 2 nitrogen and oxygen atoms in total. The van der Waals surface area contributed by atoms with E-state index in [1.54, 1.807) is 0 Å². The van der Waals surface area contributed by atoms with E-state index in [0.29, 0.717) is 6.42 Å². The highest BCUT2D eigenvalue weighted by Crippen LogP contribution is 2.13. The molecule has 0 aromatic carbocycles. The van der Waals surface area contributed by atoms with Crippen LogP contribution in [-0.4, -0.2) is 10.5 Å². The molecular weight excluding hydrogens is 175 g/mol. The first-order chi connectivity index (χ1) is 4.59. The summed E-state index contributed by atoms with van der Waals surface area (Å²) in [6.07, 6.45) is 1.16. The summed E-state index contributed by atoms with van der Waals surface area (Å²) in [6.45, 7) is 1.85. The maximum atomic E-state index is 10.4. The van der Waals surface area contributed by atoms with Crippen LogP contribution in [0.2, 0.25) is 0 Å². The molecule has 0 aliphatic heterocycles. The maximum absolute atomic E-state index is 10.4. The molecule has 58 valence electrons. The molecule has 0 rings (SSSR count). The van der Waals surface area contributed by atoms with Gasteiger partial charge in [0.1, 0.15) is 5.92 Å². The van der Waals surface area contributed by atoms with Gasteiger partial charge in [0.05, 0.1) is 0 Å². The van der Waals surface area contributed by atoms with E-state index < -0.39 is 16.4 Å². The largest absolute Gasteiger partial charge is 0.280 e. The zero-order valence-corrected chi connectivity index (χ0v) is 7.08. The van der Waals surface area contributed by atoms with E-state index >= 15 is 0 Å². The van der Waals surface area contributed by atoms with Gasteiger partial charge in [-0.25, -0.2) is 0 Å². The third-order valence-electron chi connectivity index (χ3n) is 1.13. The summed E-state index contributed by atoms with van der Waals surface area (Å²) in [5.74, 6) is -0.812. The molecule has 0 atom stereocenters. The number of hydrogen-bond donors (Lipinski definition) is 0. The highest BCUT2D eigenvalue weighted by Gasteiger charge is 2.21. The summed E-state index contributed by atoms with van der Waals surface area (Å²) in [4.78, 5) is 20.9. The molecule has 0 unspecified atom stereocenters. The van der Waals surface area contributed by atoms with E-state index in [-0.39, 0.29) is 0 Å². The summed E-state index contributed by atoms with van der Waals surface area (Å²) >= 11 is 10.1. The van der Waals surface area contributed by atoms with Gasteiger partial charge in [0, 0.05) is 0 Å². The van der Waals surface area contributed by atoms with Crippen LogP contribution in [0.25, 0.3) is 0 Å².